The lowest BCUT2D eigenvalue weighted by atomic mass is 10.0. The number of hydrogen-bond donors (Lipinski definition) is 1. The summed E-state index contributed by atoms with van der Waals surface area (Å²) in [6.07, 6.45) is 0. The van der Waals surface area contributed by atoms with E-state index in [-0.39, 0.29) is 11.3 Å². The van der Waals surface area contributed by atoms with Gasteiger partial charge in [-0.2, -0.15) is 0 Å². The van der Waals surface area contributed by atoms with Crippen LogP contribution < -0.4 is 5.73 Å². The Morgan fingerprint density at radius 2 is 1.83 bits per heavy atom. The minimum absolute atomic E-state index is 0.262. The SMILES string of the molecule is Nc1ccc(C(=O)c2cc(F)cc(Br)c2)c(Br)c1. The normalized spacial score (nSPS) is 10.4. The van der Waals surface area contributed by atoms with Gasteiger partial charge in [-0.3, -0.25) is 4.79 Å². The first-order chi connectivity index (χ1) is 8.47. The summed E-state index contributed by atoms with van der Waals surface area (Å²) >= 11 is 6.44. The maximum atomic E-state index is 13.3. The number of anilines is 1. The van der Waals surface area contributed by atoms with Gasteiger partial charge in [-0.15, -0.1) is 0 Å². The molecule has 0 heterocycles. The largest absolute Gasteiger partial charge is 0.399 e. The predicted molar refractivity (Wildman–Crippen MR) is 76.1 cm³/mol. The third kappa shape index (κ3) is 2.79. The van der Waals surface area contributed by atoms with Crippen molar-refractivity contribution in [1.29, 1.82) is 0 Å². The molecule has 0 aliphatic rings. The second kappa shape index (κ2) is 5.20. The molecule has 0 spiro atoms. The zero-order chi connectivity index (χ0) is 13.3. The van der Waals surface area contributed by atoms with E-state index in [2.05, 4.69) is 31.9 Å². The Hall–Kier alpha value is -1.20. The molecule has 0 bridgehead atoms. The van der Waals surface area contributed by atoms with Crippen LogP contribution in [-0.2, 0) is 0 Å². The van der Waals surface area contributed by atoms with Crippen molar-refractivity contribution in [2.45, 2.75) is 0 Å². The molecule has 0 amide bonds. The van der Waals surface area contributed by atoms with Crippen molar-refractivity contribution < 1.29 is 9.18 Å². The van der Waals surface area contributed by atoms with Crippen LogP contribution in [0.5, 0.6) is 0 Å². The van der Waals surface area contributed by atoms with Crippen molar-refractivity contribution in [2.75, 3.05) is 5.73 Å². The van der Waals surface area contributed by atoms with Gasteiger partial charge in [0.2, 0.25) is 0 Å². The maximum absolute atomic E-state index is 13.3. The number of carbonyl (C=O) groups excluding carboxylic acids is 1. The first-order valence-corrected chi connectivity index (χ1v) is 6.62. The van der Waals surface area contributed by atoms with Crippen molar-refractivity contribution in [1.82, 2.24) is 0 Å². The molecule has 2 nitrogen and oxygen atoms in total. The molecular formula is C13H8Br2FNO. The van der Waals surface area contributed by atoms with Gasteiger partial charge in [-0.25, -0.2) is 4.39 Å². The lowest BCUT2D eigenvalue weighted by Crippen LogP contribution is -2.03. The number of ketones is 1. The highest BCUT2D eigenvalue weighted by atomic mass is 79.9. The Morgan fingerprint density at radius 3 is 2.44 bits per heavy atom. The zero-order valence-electron chi connectivity index (χ0n) is 9.08. The first-order valence-electron chi connectivity index (χ1n) is 5.03. The van der Waals surface area contributed by atoms with Gasteiger partial charge in [0.25, 0.3) is 0 Å². The van der Waals surface area contributed by atoms with Crippen LogP contribution >= 0.6 is 31.9 Å². The fourth-order valence-corrected chi connectivity index (χ4v) is 2.60. The Bertz CT molecular complexity index is 608. The average molecular weight is 373 g/mol. The monoisotopic (exact) mass is 371 g/mol. The minimum Gasteiger partial charge on any atom is -0.399 e. The molecule has 0 aliphatic carbocycles. The standard InChI is InChI=1S/C13H8Br2FNO/c14-8-3-7(4-9(16)5-8)13(18)11-2-1-10(17)6-12(11)15/h1-6H,17H2. The highest BCUT2D eigenvalue weighted by Crippen LogP contribution is 2.24. The molecule has 0 radical (unpaired) electrons. The summed E-state index contributed by atoms with van der Waals surface area (Å²) in [5.74, 6) is -0.721. The van der Waals surface area contributed by atoms with E-state index in [0.29, 0.717) is 20.2 Å². The van der Waals surface area contributed by atoms with Crippen LogP contribution in [0.25, 0.3) is 0 Å². The summed E-state index contributed by atoms with van der Waals surface area (Å²) in [4.78, 5) is 12.2. The van der Waals surface area contributed by atoms with Crippen LogP contribution in [0.3, 0.4) is 0 Å². The fraction of sp³-hybridized carbons (Fsp3) is 0. The molecule has 2 aromatic carbocycles. The van der Waals surface area contributed by atoms with Crippen molar-refractivity contribution in [3.8, 4) is 0 Å². The second-order valence-electron chi connectivity index (χ2n) is 3.73. The Labute approximate surface area is 120 Å². The van der Waals surface area contributed by atoms with Crippen LogP contribution in [0.2, 0.25) is 0 Å². The lowest BCUT2D eigenvalue weighted by molar-refractivity contribution is 0.103. The van der Waals surface area contributed by atoms with Crippen molar-refractivity contribution in [2.24, 2.45) is 0 Å². The van der Waals surface area contributed by atoms with E-state index in [1.165, 1.54) is 12.1 Å². The van der Waals surface area contributed by atoms with Gasteiger partial charge in [0, 0.05) is 25.8 Å². The smallest absolute Gasteiger partial charge is 0.194 e. The van der Waals surface area contributed by atoms with Crippen LogP contribution in [-0.4, -0.2) is 5.78 Å². The number of halogens is 3. The van der Waals surface area contributed by atoms with E-state index in [9.17, 15) is 9.18 Å². The fourth-order valence-electron chi connectivity index (χ4n) is 1.56. The number of nitrogens with two attached hydrogens (primary N) is 1. The van der Waals surface area contributed by atoms with E-state index in [1.54, 1.807) is 24.3 Å². The van der Waals surface area contributed by atoms with Gasteiger partial charge < -0.3 is 5.73 Å². The summed E-state index contributed by atoms with van der Waals surface area (Å²) in [5, 5.41) is 0. The molecule has 0 unspecified atom stereocenters. The van der Waals surface area contributed by atoms with Gasteiger partial charge in [0.1, 0.15) is 5.82 Å². The molecule has 2 aromatic rings. The highest BCUT2D eigenvalue weighted by Gasteiger charge is 2.14. The molecule has 0 aliphatic heterocycles. The molecule has 0 atom stereocenters. The van der Waals surface area contributed by atoms with E-state index >= 15 is 0 Å². The van der Waals surface area contributed by atoms with Crippen LogP contribution in [0, 0.1) is 5.82 Å². The molecule has 0 saturated carbocycles. The van der Waals surface area contributed by atoms with Gasteiger partial charge in [0.15, 0.2) is 5.78 Å². The van der Waals surface area contributed by atoms with Crippen LogP contribution in [0.1, 0.15) is 15.9 Å². The van der Waals surface area contributed by atoms with E-state index in [1.807, 2.05) is 0 Å². The molecule has 92 valence electrons. The van der Waals surface area contributed by atoms with Crippen molar-refractivity contribution in [3.05, 3.63) is 62.3 Å². The third-order valence-corrected chi connectivity index (χ3v) is 3.48. The molecule has 18 heavy (non-hydrogen) atoms. The van der Waals surface area contributed by atoms with E-state index < -0.39 is 5.82 Å². The highest BCUT2D eigenvalue weighted by molar-refractivity contribution is 9.10. The molecular weight excluding hydrogens is 365 g/mol. The summed E-state index contributed by atoms with van der Waals surface area (Å²) < 4.78 is 14.4. The van der Waals surface area contributed by atoms with E-state index in [4.69, 9.17) is 5.73 Å². The van der Waals surface area contributed by atoms with Gasteiger partial charge in [-0.1, -0.05) is 15.9 Å². The number of carbonyl (C=O) groups is 1. The number of benzene rings is 2. The second-order valence-corrected chi connectivity index (χ2v) is 5.50. The zero-order valence-corrected chi connectivity index (χ0v) is 12.3. The van der Waals surface area contributed by atoms with Gasteiger partial charge in [0.05, 0.1) is 0 Å². The predicted octanol–water partition coefficient (Wildman–Crippen LogP) is 4.16. The Morgan fingerprint density at radius 1 is 1.11 bits per heavy atom. The average Bonchev–Trinajstić information content (AvgIpc) is 2.26. The minimum atomic E-state index is -0.459. The lowest BCUT2D eigenvalue weighted by Gasteiger charge is -2.05. The Kier molecular flexibility index (Phi) is 3.82. The third-order valence-electron chi connectivity index (χ3n) is 2.36. The van der Waals surface area contributed by atoms with Gasteiger partial charge in [-0.05, 0) is 52.3 Å². The molecule has 5 heteroatoms. The van der Waals surface area contributed by atoms with Gasteiger partial charge >= 0.3 is 0 Å². The molecule has 0 fully saturated rings. The van der Waals surface area contributed by atoms with Crippen LogP contribution in [0.4, 0.5) is 10.1 Å². The quantitative estimate of drug-likeness (QED) is 0.635. The first kappa shape index (κ1) is 13.2. The number of rotatable bonds is 2. The molecule has 2 rings (SSSR count). The van der Waals surface area contributed by atoms with E-state index in [0.717, 1.165) is 0 Å². The molecule has 2 N–H and O–H groups in total. The number of nitrogen functional groups attached to an aromatic ring is 1. The molecule has 0 aromatic heterocycles. The number of hydrogen-bond acceptors (Lipinski definition) is 2. The summed E-state index contributed by atoms with van der Waals surface area (Å²) in [7, 11) is 0. The topological polar surface area (TPSA) is 43.1 Å². The summed E-state index contributed by atoms with van der Waals surface area (Å²) in [5.41, 5.74) is 6.89. The van der Waals surface area contributed by atoms with Crippen molar-refractivity contribution >= 4 is 43.3 Å². The Balaban J connectivity index is 2.47. The van der Waals surface area contributed by atoms with Crippen molar-refractivity contribution in [3.63, 3.8) is 0 Å². The van der Waals surface area contributed by atoms with Crippen LogP contribution in [0.15, 0.2) is 45.3 Å². The summed E-state index contributed by atoms with van der Waals surface area (Å²) in [6.45, 7) is 0. The molecule has 0 saturated heterocycles. The summed E-state index contributed by atoms with van der Waals surface area (Å²) in [6, 6.07) is 8.97. The maximum Gasteiger partial charge on any atom is 0.194 e.